The standard InChI is InChI=1S/C6H7BN2/c1-8-6-4-2-3-5(7)9-6/h2-4H,1H3,(H,8,9). The van der Waals surface area contributed by atoms with E-state index < -0.39 is 0 Å². The zero-order chi connectivity index (χ0) is 6.69. The van der Waals surface area contributed by atoms with Gasteiger partial charge in [-0.3, -0.25) is 0 Å². The van der Waals surface area contributed by atoms with E-state index in [0.29, 0.717) is 5.59 Å². The maximum atomic E-state index is 5.38. The van der Waals surface area contributed by atoms with Crippen LogP contribution in [0, 0.1) is 0 Å². The van der Waals surface area contributed by atoms with Crippen molar-refractivity contribution in [3.8, 4) is 0 Å². The van der Waals surface area contributed by atoms with Gasteiger partial charge in [-0.05, 0) is 11.7 Å². The van der Waals surface area contributed by atoms with Gasteiger partial charge in [0, 0.05) is 7.05 Å². The van der Waals surface area contributed by atoms with Gasteiger partial charge in [0.05, 0.1) is 0 Å². The first-order valence-corrected chi connectivity index (χ1v) is 2.73. The van der Waals surface area contributed by atoms with Gasteiger partial charge in [0.15, 0.2) is 0 Å². The second-order valence-electron chi connectivity index (χ2n) is 1.70. The number of anilines is 1. The molecule has 2 radical (unpaired) electrons. The van der Waals surface area contributed by atoms with Crippen LogP contribution < -0.4 is 10.9 Å². The van der Waals surface area contributed by atoms with Crippen LogP contribution in [0.5, 0.6) is 0 Å². The molecule has 0 aromatic carbocycles. The average Bonchev–Trinajstić information content (AvgIpc) is 1.88. The van der Waals surface area contributed by atoms with E-state index in [1.54, 1.807) is 6.07 Å². The van der Waals surface area contributed by atoms with Crippen LogP contribution in [0.15, 0.2) is 18.2 Å². The lowest BCUT2D eigenvalue weighted by atomic mass is 10.0. The fourth-order valence-electron chi connectivity index (χ4n) is 0.591. The summed E-state index contributed by atoms with van der Waals surface area (Å²) in [4.78, 5) is 3.96. The zero-order valence-corrected chi connectivity index (χ0v) is 5.26. The summed E-state index contributed by atoms with van der Waals surface area (Å²) in [5.41, 5.74) is 0.543. The molecule has 0 saturated carbocycles. The number of rotatable bonds is 1. The maximum absolute atomic E-state index is 5.38. The van der Waals surface area contributed by atoms with Crippen LogP contribution in [0.1, 0.15) is 0 Å². The van der Waals surface area contributed by atoms with E-state index >= 15 is 0 Å². The zero-order valence-electron chi connectivity index (χ0n) is 5.26. The number of hydrogen-bond donors (Lipinski definition) is 1. The highest BCUT2D eigenvalue weighted by Gasteiger charge is 1.86. The first-order chi connectivity index (χ1) is 4.33. The van der Waals surface area contributed by atoms with Gasteiger partial charge in [0.2, 0.25) is 0 Å². The van der Waals surface area contributed by atoms with Gasteiger partial charge in [-0.2, -0.15) is 0 Å². The van der Waals surface area contributed by atoms with E-state index in [1.807, 2.05) is 19.2 Å². The van der Waals surface area contributed by atoms with E-state index in [4.69, 9.17) is 7.85 Å². The maximum Gasteiger partial charge on any atom is 0.141 e. The minimum absolute atomic E-state index is 0.543. The third-order valence-corrected chi connectivity index (χ3v) is 1.03. The lowest BCUT2D eigenvalue weighted by Gasteiger charge is -1.97. The third-order valence-electron chi connectivity index (χ3n) is 1.03. The molecular weight excluding hydrogens is 111 g/mol. The first kappa shape index (κ1) is 6.14. The van der Waals surface area contributed by atoms with Crippen molar-refractivity contribution in [1.82, 2.24) is 4.98 Å². The smallest absolute Gasteiger partial charge is 0.141 e. The van der Waals surface area contributed by atoms with E-state index in [2.05, 4.69) is 10.3 Å². The molecule has 3 heteroatoms. The third kappa shape index (κ3) is 1.45. The topological polar surface area (TPSA) is 24.9 Å². The van der Waals surface area contributed by atoms with E-state index in [1.165, 1.54) is 0 Å². The molecule has 44 valence electrons. The Morgan fingerprint density at radius 1 is 1.56 bits per heavy atom. The van der Waals surface area contributed by atoms with E-state index in [0.717, 1.165) is 5.82 Å². The van der Waals surface area contributed by atoms with Gasteiger partial charge < -0.3 is 5.32 Å². The van der Waals surface area contributed by atoms with Crippen LogP contribution in [0.2, 0.25) is 0 Å². The summed E-state index contributed by atoms with van der Waals surface area (Å²) in [7, 11) is 7.19. The number of nitrogens with zero attached hydrogens (tertiary/aromatic N) is 1. The van der Waals surface area contributed by atoms with Crippen molar-refractivity contribution in [3.05, 3.63) is 18.2 Å². The van der Waals surface area contributed by atoms with Crippen LogP contribution in [0.25, 0.3) is 0 Å². The van der Waals surface area contributed by atoms with Crippen molar-refractivity contribution in [3.63, 3.8) is 0 Å². The predicted octanol–water partition coefficient (Wildman–Crippen LogP) is -0.0829. The Hall–Kier alpha value is -0.985. The van der Waals surface area contributed by atoms with E-state index in [-0.39, 0.29) is 0 Å². The normalized spacial score (nSPS) is 9.00. The highest BCUT2D eigenvalue weighted by molar-refractivity contribution is 6.30. The van der Waals surface area contributed by atoms with Crippen molar-refractivity contribution in [2.24, 2.45) is 0 Å². The fourth-order valence-corrected chi connectivity index (χ4v) is 0.591. The van der Waals surface area contributed by atoms with Crippen LogP contribution in [0.4, 0.5) is 5.82 Å². The molecule has 1 N–H and O–H groups in total. The molecule has 0 spiro atoms. The summed E-state index contributed by atoms with van der Waals surface area (Å²) in [6, 6.07) is 5.46. The van der Waals surface area contributed by atoms with Gasteiger partial charge in [0.1, 0.15) is 13.7 Å². The van der Waals surface area contributed by atoms with Gasteiger partial charge in [-0.1, -0.05) is 12.1 Å². The quantitative estimate of drug-likeness (QED) is 0.521. The van der Waals surface area contributed by atoms with Crippen LogP contribution in [0.3, 0.4) is 0 Å². The summed E-state index contributed by atoms with van der Waals surface area (Å²) in [6.07, 6.45) is 0. The molecule has 0 amide bonds. The number of hydrogen-bond acceptors (Lipinski definition) is 2. The van der Waals surface area contributed by atoms with Crippen LogP contribution >= 0.6 is 0 Å². The molecule has 1 aromatic rings. The number of nitrogens with one attached hydrogen (secondary N) is 1. The molecular formula is C6H7BN2. The average molecular weight is 118 g/mol. The Morgan fingerprint density at radius 2 is 2.33 bits per heavy atom. The second kappa shape index (κ2) is 2.53. The Balaban J connectivity index is 2.94. The molecule has 2 nitrogen and oxygen atoms in total. The SMILES string of the molecule is [B]c1cccc(NC)n1. The molecule has 9 heavy (non-hydrogen) atoms. The van der Waals surface area contributed by atoms with Crippen LogP contribution in [-0.2, 0) is 0 Å². The molecule has 0 unspecified atom stereocenters. The Morgan fingerprint density at radius 3 is 2.78 bits per heavy atom. The molecule has 0 bridgehead atoms. The van der Waals surface area contributed by atoms with Crippen molar-refractivity contribution < 1.29 is 0 Å². The highest BCUT2D eigenvalue weighted by atomic mass is 14.9. The molecule has 1 rings (SSSR count). The van der Waals surface area contributed by atoms with Crippen molar-refractivity contribution in [1.29, 1.82) is 0 Å². The Bertz CT molecular complexity index is 200. The molecule has 0 aliphatic heterocycles. The molecule has 0 aliphatic rings. The summed E-state index contributed by atoms with van der Waals surface area (Å²) in [5, 5.41) is 2.88. The van der Waals surface area contributed by atoms with Crippen molar-refractivity contribution >= 4 is 19.3 Å². The lowest BCUT2D eigenvalue weighted by molar-refractivity contribution is 1.33. The van der Waals surface area contributed by atoms with E-state index in [9.17, 15) is 0 Å². The fraction of sp³-hybridized carbons (Fsp3) is 0.167. The summed E-state index contributed by atoms with van der Waals surface area (Å²) in [5.74, 6) is 0.801. The molecule has 0 fully saturated rings. The largest absolute Gasteiger partial charge is 0.373 e. The Kier molecular flexibility index (Phi) is 1.73. The molecule has 0 aliphatic carbocycles. The first-order valence-electron chi connectivity index (χ1n) is 2.73. The molecule has 1 heterocycles. The number of aromatic nitrogens is 1. The van der Waals surface area contributed by atoms with Crippen molar-refractivity contribution in [2.75, 3.05) is 12.4 Å². The summed E-state index contributed by atoms with van der Waals surface area (Å²) < 4.78 is 0. The minimum atomic E-state index is 0.543. The van der Waals surface area contributed by atoms with Crippen molar-refractivity contribution in [2.45, 2.75) is 0 Å². The minimum Gasteiger partial charge on any atom is -0.373 e. The van der Waals surface area contributed by atoms with Crippen LogP contribution in [-0.4, -0.2) is 19.9 Å². The Labute approximate surface area is 55.7 Å². The monoisotopic (exact) mass is 118 g/mol. The summed E-state index contributed by atoms with van der Waals surface area (Å²) >= 11 is 0. The lowest BCUT2D eigenvalue weighted by Crippen LogP contribution is -2.08. The molecule has 0 atom stereocenters. The molecule has 0 saturated heterocycles. The second-order valence-corrected chi connectivity index (χ2v) is 1.70. The predicted molar refractivity (Wildman–Crippen MR) is 39.2 cm³/mol. The van der Waals surface area contributed by atoms with Gasteiger partial charge in [-0.25, -0.2) is 4.98 Å². The van der Waals surface area contributed by atoms with Gasteiger partial charge in [0.25, 0.3) is 0 Å². The van der Waals surface area contributed by atoms with Gasteiger partial charge >= 0.3 is 0 Å². The van der Waals surface area contributed by atoms with Gasteiger partial charge in [-0.15, -0.1) is 0 Å². The highest BCUT2D eigenvalue weighted by Crippen LogP contribution is 1.93. The molecule has 1 aromatic heterocycles. The summed E-state index contributed by atoms with van der Waals surface area (Å²) in [6.45, 7) is 0. The number of pyridine rings is 1.